The summed E-state index contributed by atoms with van der Waals surface area (Å²) in [6.45, 7) is 1.68. The van der Waals surface area contributed by atoms with E-state index in [9.17, 15) is 13.6 Å². The first-order valence-corrected chi connectivity index (χ1v) is 4.63. The molecule has 1 aliphatic carbocycles. The molecular formula is C11H10F2O2. The highest BCUT2D eigenvalue weighted by Gasteiger charge is 2.57. The van der Waals surface area contributed by atoms with Gasteiger partial charge in [0.1, 0.15) is 11.6 Å². The third kappa shape index (κ3) is 1.50. The smallest absolute Gasteiger partial charge is 0.307 e. The van der Waals surface area contributed by atoms with E-state index in [-0.39, 0.29) is 5.56 Å². The standard InChI is InChI=1S/C11H10F2O2/c1-11(5-8(11)10(14)15)7-3-2-6(12)4-9(7)13/h2-4,8H,5H2,1H3,(H,14,15). The van der Waals surface area contributed by atoms with Crippen LogP contribution in [0.2, 0.25) is 0 Å². The van der Waals surface area contributed by atoms with E-state index in [1.54, 1.807) is 6.92 Å². The van der Waals surface area contributed by atoms with Crippen LogP contribution in [-0.2, 0) is 10.2 Å². The summed E-state index contributed by atoms with van der Waals surface area (Å²) in [4.78, 5) is 10.7. The number of carbonyl (C=O) groups is 1. The zero-order valence-corrected chi connectivity index (χ0v) is 8.13. The number of aliphatic carboxylic acids is 1. The van der Waals surface area contributed by atoms with Crippen LogP contribution < -0.4 is 0 Å². The normalized spacial score (nSPS) is 28.9. The second-order valence-electron chi connectivity index (χ2n) is 4.14. The minimum absolute atomic E-state index is 0.288. The Balaban J connectivity index is 2.36. The maximum absolute atomic E-state index is 13.4. The number of rotatable bonds is 2. The number of carboxylic acids is 1. The van der Waals surface area contributed by atoms with Gasteiger partial charge in [-0.3, -0.25) is 4.79 Å². The molecule has 15 heavy (non-hydrogen) atoms. The van der Waals surface area contributed by atoms with Gasteiger partial charge in [-0.25, -0.2) is 8.78 Å². The minimum Gasteiger partial charge on any atom is -0.481 e. The Morgan fingerprint density at radius 3 is 2.67 bits per heavy atom. The van der Waals surface area contributed by atoms with Crippen LogP contribution in [0.25, 0.3) is 0 Å². The van der Waals surface area contributed by atoms with Crippen molar-refractivity contribution in [2.75, 3.05) is 0 Å². The average Bonchev–Trinajstić information content (AvgIpc) is 2.78. The lowest BCUT2D eigenvalue weighted by atomic mass is 9.95. The van der Waals surface area contributed by atoms with Crippen molar-refractivity contribution < 1.29 is 18.7 Å². The van der Waals surface area contributed by atoms with Gasteiger partial charge in [-0.1, -0.05) is 13.0 Å². The van der Waals surface area contributed by atoms with E-state index in [1.807, 2.05) is 0 Å². The highest BCUT2D eigenvalue weighted by atomic mass is 19.1. The molecule has 0 bridgehead atoms. The molecule has 1 aliphatic rings. The maximum atomic E-state index is 13.4. The number of carboxylic acid groups (broad SMARTS) is 1. The van der Waals surface area contributed by atoms with E-state index in [0.717, 1.165) is 12.1 Å². The van der Waals surface area contributed by atoms with Gasteiger partial charge in [-0.15, -0.1) is 0 Å². The van der Waals surface area contributed by atoms with Crippen LogP contribution in [0, 0.1) is 17.6 Å². The molecule has 1 N–H and O–H groups in total. The van der Waals surface area contributed by atoms with Gasteiger partial charge in [0.2, 0.25) is 0 Å². The summed E-state index contributed by atoms with van der Waals surface area (Å²) in [6, 6.07) is 3.27. The van der Waals surface area contributed by atoms with Crippen molar-refractivity contribution in [1.82, 2.24) is 0 Å². The van der Waals surface area contributed by atoms with Gasteiger partial charge < -0.3 is 5.11 Å². The molecule has 1 aromatic carbocycles. The second-order valence-corrected chi connectivity index (χ2v) is 4.14. The number of hydrogen-bond donors (Lipinski definition) is 1. The Bertz CT molecular complexity index is 431. The summed E-state index contributed by atoms with van der Waals surface area (Å²) in [6.07, 6.45) is 0.408. The summed E-state index contributed by atoms with van der Waals surface area (Å²) < 4.78 is 26.0. The highest BCUT2D eigenvalue weighted by molar-refractivity contribution is 5.77. The topological polar surface area (TPSA) is 37.3 Å². The minimum atomic E-state index is -0.929. The SMILES string of the molecule is CC1(c2ccc(F)cc2F)CC1C(=O)O. The van der Waals surface area contributed by atoms with Crippen molar-refractivity contribution in [3.8, 4) is 0 Å². The lowest BCUT2D eigenvalue weighted by Crippen LogP contribution is -2.12. The largest absolute Gasteiger partial charge is 0.481 e. The van der Waals surface area contributed by atoms with Crippen LogP contribution >= 0.6 is 0 Å². The molecule has 0 heterocycles. The summed E-state index contributed by atoms with van der Waals surface area (Å²) in [5.41, 5.74) is -0.389. The van der Waals surface area contributed by atoms with Crippen molar-refractivity contribution in [1.29, 1.82) is 0 Å². The highest BCUT2D eigenvalue weighted by Crippen LogP contribution is 2.54. The summed E-state index contributed by atoms with van der Waals surface area (Å²) in [5.74, 6) is -2.80. The molecule has 0 radical (unpaired) electrons. The van der Waals surface area contributed by atoms with Crippen molar-refractivity contribution in [3.05, 3.63) is 35.4 Å². The van der Waals surface area contributed by atoms with Crippen molar-refractivity contribution in [2.24, 2.45) is 5.92 Å². The van der Waals surface area contributed by atoms with Gasteiger partial charge in [0, 0.05) is 11.5 Å². The van der Waals surface area contributed by atoms with Crippen molar-refractivity contribution >= 4 is 5.97 Å². The second kappa shape index (κ2) is 3.02. The zero-order chi connectivity index (χ0) is 11.2. The van der Waals surface area contributed by atoms with Crippen LogP contribution in [0.1, 0.15) is 18.9 Å². The van der Waals surface area contributed by atoms with Gasteiger partial charge >= 0.3 is 5.97 Å². The van der Waals surface area contributed by atoms with Gasteiger partial charge in [0.05, 0.1) is 5.92 Å². The predicted molar refractivity (Wildman–Crippen MR) is 49.5 cm³/mol. The third-order valence-electron chi connectivity index (χ3n) is 3.08. The van der Waals surface area contributed by atoms with Crippen LogP contribution in [0.5, 0.6) is 0 Å². The Labute approximate surface area is 85.5 Å². The van der Waals surface area contributed by atoms with Gasteiger partial charge in [-0.2, -0.15) is 0 Å². The van der Waals surface area contributed by atoms with Gasteiger partial charge in [0.15, 0.2) is 0 Å². The molecule has 1 aromatic rings. The van der Waals surface area contributed by atoms with E-state index in [1.165, 1.54) is 6.07 Å². The van der Waals surface area contributed by atoms with Gasteiger partial charge in [0.25, 0.3) is 0 Å². The predicted octanol–water partition coefficient (Wildman–Crippen LogP) is 2.33. The van der Waals surface area contributed by atoms with E-state index < -0.39 is 28.9 Å². The fourth-order valence-corrected chi connectivity index (χ4v) is 1.98. The number of benzene rings is 1. The molecule has 0 spiro atoms. The van der Waals surface area contributed by atoms with Crippen LogP contribution in [0.4, 0.5) is 8.78 Å². The summed E-state index contributed by atoms with van der Waals surface area (Å²) in [7, 11) is 0. The molecule has 80 valence electrons. The molecule has 2 atom stereocenters. The molecule has 2 nitrogen and oxygen atoms in total. The lowest BCUT2D eigenvalue weighted by molar-refractivity contribution is -0.138. The first-order valence-electron chi connectivity index (χ1n) is 4.63. The van der Waals surface area contributed by atoms with Crippen LogP contribution in [0.3, 0.4) is 0 Å². The molecule has 0 aromatic heterocycles. The van der Waals surface area contributed by atoms with E-state index in [4.69, 9.17) is 5.11 Å². The molecule has 4 heteroatoms. The van der Waals surface area contributed by atoms with E-state index in [0.29, 0.717) is 6.42 Å². The molecule has 0 saturated heterocycles. The summed E-state index contributed by atoms with van der Waals surface area (Å²) in [5, 5.41) is 8.80. The van der Waals surface area contributed by atoms with E-state index >= 15 is 0 Å². The lowest BCUT2D eigenvalue weighted by Gasteiger charge is -2.11. The van der Waals surface area contributed by atoms with Crippen LogP contribution in [-0.4, -0.2) is 11.1 Å². The summed E-state index contributed by atoms with van der Waals surface area (Å²) >= 11 is 0. The van der Waals surface area contributed by atoms with Crippen LogP contribution in [0.15, 0.2) is 18.2 Å². The first kappa shape index (κ1) is 10.1. The van der Waals surface area contributed by atoms with Crippen molar-refractivity contribution in [2.45, 2.75) is 18.8 Å². The number of hydrogen-bond acceptors (Lipinski definition) is 1. The number of halogens is 2. The monoisotopic (exact) mass is 212 g/mol. The quantitative estimate of drug-likeness (QED) is 0.816. The molecule has 0 amide bonds. The Morgan fingerprint density at radius 1 is 1.53 bits per heavy atom. The molecule has 0 aliphatic heterocycles. The molecule has 2 unspecified atom stereocenters. The Morgan fingerprint density at radius 2 is 2.20 bits per heavy atom. The fourth-order valence-electron chi connectivity index (χ4n) is 1.98. The van der Waals surface area contributed by atoms with Crippen molar-refractivity contribution in [3.63, 3.8) is 0 Å². The fraction of sp³-hybridized carbons (Fsp3) is 0.364. The Hall–Kier alpha value is -1.45. The Kier molecular flexibility index (Phi) is 2.03. The maximum Gasteiger partial charge on any atom is 0.307 e. The van der Waals surface area contributed by atoms with Gasteiger partial charge in [-0.05, 0) is 18.1 Å². The molecule has 1 fully saturated rings. The first-order chi connectivity index (χ1) is 6.95. The molecule has 2 rings (SSSR count). The average molecular weight is 212 g/mol. The van der Waals surface area contributed by atoms with E-state index in [2.05, 4.69) is 0 Å². The molecular weight excluding hydrogens is 202 g/mol. The zero-order valence-electron chi connectivity index (χ0n) is 8.13. The molecule has 1 saturated carbocycles. The third-order valence-corrected chi connectivity index (χ3v) is 3.08.